The van der Waals surface area contributed by atoms with Gasteiger partial charge in [0, 0.05) is 0 Å². The molecule has 3 saturated carbocycles. The van der Waals surface area contributed by atoms with Gasteiger partial charge < -0.3 is 4.74 Å². The molecule has 4 unspecified atom stereocenters. The van der Waals surface area contributed by atoms with Crippen LogP contribution >= 0.6 is 0 Å². The zero-order valence-corrected chi connectivity index (χ0v) is 21.9. The van der Waals surface area contributed by atoms with Gasteiger partial charge in [0.15, 0.2) is 0 Å². The van der Waals surface area contributed by atoms with E-state index in [1.165, 1.54) is 76.2 Å². The number of hydrogen-bond acceptors (Lipinski definition) is 2. The highest BCUT2D eigenvalue weighted by Gasteiger charge is 2.39. The molecule has 0 radical (unpaired) electrons. The highest BCUT2D eigenvalue weighted by atomic mass is 16.5. The first-order valence-electron chi connectivity index (χ1n) is 14.6. The highest BCUT2D eigenvalue weighted by Crippen LogP contribution is 2.49. The van der Waals surface area contributed by atoms with E-state index in [9.17, 15) is 4.79 Å². The summed E-state index contributed by atoms with van der Waals surface area (Å²) in [5.74, 6) is 5.60. The summed E-state index contributed by atoms with van der Waals surface area (Å²) in [4.78, 5) is 12.8. The number of carbonyl (C=O) groups is 1. The van der Waals surface area contributed by atoms with Crippen molar-refractivity contribution in [2.75, 3.05) is 0 Å². The Morgan fingerprint density at radius 2 is 1.53 bits per heavy atom. The highest BCUT2D eigenvalue weighted by molar-refractivity contribution is 5.75. The molecule has 0 spiro atoms. The smallest absolute Gasteiger partial charge is 0.314 e. The lowest BCUT2D eigenvalue weighted by molar-refractivity contribution is -0.140. The van der Waals surface area contributed by atoms with Gasteiger partial charge in [-0.3, -0.25) is 4.79 Å². The van der Waals surface area contributed by atoms with Crippen molar-refractivity contribution in [3.8, 4) is 5.75 Å². The maximum Gasteiger partial charge on any atom is 0.314 e. The number of allylic oxidation sites excluding steroid dienone is 2. The molecule has 0 saturated heterocycles. The maximum atomic E-state index is 12.8. The fourth-order valence-corrected chi connectivity index (χ4v) is 7.37. The molecule has 4 rings (SSSR count). The molecule has 0 aliphatic heterocycles. The second-order valence-corrected chi connectivity index (χ2v) is 11.7. The molecule has 0 bridgehead atoms. The van der Waals surface area contributed by atoms with Crippen LogP contribution in [0.3, 0.4) is 0 Å². The van der Waals surface area contributed by atoms with Crippen LogP contribution in [0.25, 0.3) is 0 Å². The average Bonchev–Trinajstić information content (AvgIpc) is 2.88. The number of hydrogen-bond donors (Lipinski definition) is 0. The molecular weight excluding hydrogens is 416 g/mol. The Morgan fingerprint density at radius 1 is 0.882 bits per heavy atom. The van der Waals surface area contributed by atoms with Crippen LogP contribution in [0.1, 0.15) is 109 Å². The normalized spacial score (nSPS) is 31.8. The topological polar surface area (TPSA) is 26.3 Å². The second kappa shape index (κ2) is 12.9. The summed E-state index contributed by atoms with van der Waals surface area (Å²) in [6.07, 6.45) is 24.0. The van der Waals surface area contributed by atoms with Crippen molar-refractivity contribution in [2.24, 2.45) is 35.5 Å². The third-order valence-electron chi connectivity index (χ3n) is 9.48. The van der Waals surface area contributed by atoms with Crippen LogP contribution in [0.15, 0.2) is 36.4 Å². The maximum absolute atomic E-state index is 12.8. The number of benzene rings is 1. The van der Waals surface area contributed by atoms with E-state index in [1.807, 2.05) is 12.1 Å². The van der Waals surface area contributed by atoms with E-state index < -0.39 is 0 Å². The van der Waals surface area contributed by atoms with Gasteiger partial charge in [-0.2, -0.15) is 0 Å². The Labute approximate surface area is 208 Å². The van der Waals surface area contributed by atoms with E-state index in [0.717, 1.165) is 55.3 Å². The molecule has 188 valence electrons. The fourth-order valence-electron chi connectivity index (χ4n) is 7.37. The third kappa shape index (κ3) is 6.98. The average molecular weight is 465 g/mol. The Balaban J connectivity index is 1.18. The summed E-state index contributed by atoms with van der Waals surface area (Å²) >= 11 is 0. The van der Waals surface area contributed by atoms with Crippen molar-refractivity contribution in [2.45, 2.75) is 110 Å². The van der Waals surface area contributed by atoms with Crippen molar-refractivity contribution in [3.63, 3.8) is 0 Å². The minimum atomic E-state index is -0.00535. The Bertz CT molecular complexity index is 771. The lowest BCUT2D eigenvalue weighted by atomic mass is 9.60. The van der Waals surface area contributed by atoms with Gasteiger partial charge in [-0.25, -0.2) is 0 Å². The summed E-state index contributed by atoms with van der Waals surface area (Å²) in [7, 11) is 0. The Hall–Kier alpha value is -1.57. The Kier molecular flexibility index (Phi) is 9.71. The van der Waals surface area contributed by atoms with E-state index in [0.29, 0.717) is 5.75 Å². The van der Waals surface area contributed by atoms with E-state index in [1.54, 1.807) is 0 Å². The number of ether oxygens (including phenoxy) is 1. The van der Waals surface area contributed by atoms with E-state index in [-0.39, 0.29) is 11.9 Å². The Morgan fingerprint density at radius 3 is 2.24 bits per heavy atom. The van der Waals surface area contributed by atoms with Gasteiger partial charge in [0.05, 0.1) is 5.92 Å². The van der Waals surface area contributed by atoms with Crippen LogP contribution in [0.2, 0.25) is 0 Å². The third-order valence-corrected chi connectivity index (χ3v) is 9.48. The number of rotatable bonds is 9. The zero-order chi connectivity index (χ0) is 23.8. The molecule has 4 atom stereocenters. The molecule has 3 aliphatic rings. The van der Waals surface area contributed by atoms with Gasteiger partial charge in [0.2, 0.25) is 0 Å². The van der Waals surface area contributed by atoms with Crippen LogP contribution in [0.4, 0.5) is 0 Å². The van der Waals surface area contributed by atoms with Crippen LogP contribution < -0.4 is 4.74 Å². The SMILES string of the molecule is C/C=C/CCc1ccc(OC(=O)C2CCC(C3CCC4CC(CCCC)CCC4C3)CC2)cc1. The number of fused-ring (bicyclic) bond motifs is 1. The summed E-state index contributed by atoms with van der Waals surface area (Å²) in [6, 6.07) is 8.11. The first kappa shape index (κ1) is 25.5. The number of carbonyl (C=O) groups excluding carboxylic acids is 1. The molecule has 3 aliphatic carbocycles. The lowest BCUT2D eigenvalue weighted by Gasteiger charge is -2.45. The van der Waals surface area contributed by atoms with Gasteiger partial charge in [0.1, 0.15) is 5.75 Å². The monoisotopic (exact) mass is 464 g/mol. The number of aryl methyl sites for hydroxylation is 1. The van der Waals surface area contributed by atoms with Crippen LogP contribution in [-0.4, -0.2) is 5.97 Å². The van der Waals surface area contributed by atoms with Crippen molar-refractivity contribution < 1.29 is 9.53 Å². The van der Waals surface area contributed by atoms with Crippen LogP contribution in [0, 0.1) is 35.5 Å². The molecule has 34 heavy (non-hydrogen) atoms. The van der Waals surface area contributed by atoms with Crippen molar-refractivity contribution in [3.05, 3.63) is 42.0 Å². The molecular formula is C32H48O2. The van der Waals surface area contributed by atoms with E-state index in [2.05, 4.69) is 38.1 Å². The van der Waals surface area contributed by atoms with Crippen molar-refractivity contribution in [1.82, 2.24) is 0 Å². The molecule has 2 heteroatoms. The van der Waals surface area contributed by atoms with Crippen molar-refractivity contribution in [1.29, 1.82) is 0 Å². The predicted molar refractivity (Wildman–Crippen MR) is 142 cm³/mol. The van der Waals surface area contributed by atoms with Gasteiger partial charge in [-0.05, 0) is 125 Å². The lowest BCUT2D eigenvalue weighted by Crippen LogP contribution is -2.35. The fraction of sp³-hybridized carbons (Fsp3) is 0.719. The minimum Gasteiger partial charge on any atom is -0.426 e. The molecule has 1 aromatic carbocycles. The minimum absolute atomic E-state index is 0.00535. The molecule has 0 N–H and O–H groups in total. The molecule has 3 fully saturated rings. The van der Waals surface area contributed by atoms with Gasteiger partial charge in [-0.15, -0.1) is 0 Å². The van der Waals surface area contributed by atoms with Gasteiger partial charge in [-0.1, -0.05) is 56.9 Å². The zero-order valence-electron chi connectivity index (χ0n) is 21.9. The quantitative estimate of drug-likeness (QED) is 0.207. The molecule has 0 amide bonds. The predicted octanol–water partition coefficient (Wildman–Crippen LogP) is 8.93. The largest absolute Gasteiger partial charge is 0.426 e. The summed E-state index contributed by atoms with van der Waals surface area (Å²) in [5, 5.41) is 0. The van der Waals surface area contributed by atoms with E-state index in [4.69, 9.17) is 4.74 Å². The van der Waals surface area contributed by atoms with Gasteiger partial charge >= 0.3 is 5.97 Å². The molecule has 2 nitrogen and oxygen atoms in total. The number of esters is 1. The molecule has 1 aromatic rings. The van der Waals surface area contributed by atoms with Gasteiger partial charge in [0.25, 0.3) is 0 Å². The first-order valence-corrected chi connectivity index (χ1v) is 14.6. The van der Waals surface area contributed by atoms with Crippen molar-refractivity contribution >= 4 is 5.97 Å². The summed E-state index contributed by atoms with van der Waals surface area (Å²) in [6.45, 7) is 4.39. The first-order chi connectivity index (χ1) is 16.7. The second-order valence-electron chi connectivity index (χ2n) is 11.7. The molecule has 0 heterocycles. The molecule has 0 aromatic heterocycles. The standard InChI is InChI=1S/C32H48O2/c1-3-5-7-9-24-11-20-31(21-12-24)34-32(33)27-16-14-26(15-17-27)29-19-18-28-22-25(8-6-4-2)10-13-30(28)23-29/h3,5,11-12,20-21,25-30H,4,6-10,13-19,22-23H2,1-2H3/b5-3+. The summed E-state index contributed by atoms with van der Waals surface area (Å²) < 4.78 is 5.77. The van der Waals surface area contributed by atoms with Crippen LogP contribution in [-0.2, 0) is 11.2 Å². The van der Waals surface area contributed by atoms with Crippen LogP contribution in [0.5, 0.6) is 5.75 Å². The van der Waals surface area contributed by atoms with E-state index >= 15 is 0 Å². The summed E-state index contributed by atoms with van der Waals surface area (Å²) in [5.41, 5.74) is 1.29. The number of unbranched alkanes of at least 4 members (excludes halogenated alkanes) is 1.